The number of halogens is 6. The van der Waals surface area contributed by atoms with Crippen LogP contribution in [-0.4, -0.2) is 29.4 Å². The van der Waals surface area contributed by atoms with Gasteiger partial charge in [-0.25, -0.2) is 9.18 Å². The summed E-state index contributed by atoms with van der Waals surface area (Å²) in [6.07, 6.45) is -5.46. The summed E-state index contributed by atoms with van der Waals surface area (Å²) >= 11 is 7.11. The molecule has 2 rings (SSSR count). The Bertz CT molecular complexity index is 1040. The molecule has 1 aromatic heterocycles. The highest BCUT2D eigenvalue weighted by Gasteiger charge is 2.55. The fourth-order valence-electron chi connectivity index (χ4n) is 2.89. The first kappa shape index (κ1) is 27.6. The standard InChI is InChI=1S/C22H25ClF4IN3O2/c1-19(2,3)33-18(32)31-20(4,5)13-9-16(12-6-7-15(24)14(23)8-12)30-17(10-13)21(28,11-29)22(25,26)27/h6-10H,11,29H2,1-5H3,(H,31,32). The topological polar surface area (TPSA) is 77.2 Å². The van der Waals surface area contributed by atoms with Gasteiger partial charge in [0.25, 0.3) is 0 Å². The van der Waals surface area contributed by atoms with Gasteiger partial charge in [-0.2, -0.15) is 13.2 Å². The SMILES string of the molecule is CC(C)(C)OC(=O)NC(C)(C)c1cc(-c2ccc(F)c(Cl)c2)nc(C(I)(CN)C(F)(F)F)c1. The van der Waals surface area contributed by atoms with Crippen LogP contribution in [0, 0.1) is 5.82 Å². The van der Waals surface area contributed by atoms with Gasteiger partial charge in [0.15, 0.2) is 3.42 Å². The zero-order valence-corrected chi connectivity index (χ0v) is 21.6. The zero-order valence-electron chi connectivity index (χ0n) is 18.7. The summed E-state index contributed by atoms with van der Waals surface area (Å²) in [5.41, 5.74) is 3.98. The highest BCUT2D eigenvalue weighted by atomic mass is 127. The van der Waals surface area contributed by atoms with Gasteiger partial charge in [-0.1, -0.05) is 34.2 Å². The van der Waals surface area contributed by atoms with E-state index >= 15 is 0 Å². The first-order valence-corrected chi connectivity index (χ1v) is 11.3. The molecular weight excluding hydrogens is 577 g/mol. The molecular formula is C22H25ClF4IN3O2. The summed E-state index contributed by atoms with van der Waals surface area (Å²) in [6.45, 7) is 7.53. The maximum absolute atomic E-state index is 14.0. The molecule has 3 N–H and O–H groups in total. The van der Waals surface area contributed by atoms with E-state index in [4.69, 9.17) is 22.1 Å². The number of nitrogens with two attached hydrogens (primary N) is 1. The van der Waals surface area contributed by atoms with Crippen molar-refractivity contribution in [2.24, 2.45) is 5.73 Å². The monoisotopic (exact) mass is 601 g/mol. The van der Waals surface area contributed by atoms with Crippen LogP contribution in [0.4, 0.5) is 22.4 Å². The molecule has 0 bridgehead atoms. The highest BCUT2D eigenvalue weighted by Crippen LogP contribution is 2.46. The second-order valence-electron chi connectivity index (χ2n) is 9.01. The lowest BCUT2D eigenvalue weighted by molar-refractivity contribution is -0.155. The van der Waals surface area contributed by atoms with Crippen molar-refractivity contribution in [3.8, 4) is 11.3 Å². The van der Waals surface area contributed by atoms with E-state index in [0.717, 1.165) is 6.07 Å². The maximum Gasteiger partial charge on any atom is 0.409 e. The van der Waals surface area contributed by atoms with Crippen LogP contribution in [0.25, 0.3) is 11.3 Å². The van der Waals surface area contributed by atoms with E-state index in [2.05, 4.69) is 10.3 Å². The van der Waals surface area contributed by atoms with Crippen molar-refractivity contribution in [2.75, 3.05) is 6.54 Å². The predicted molar refractivity (Wildman–Crippen MR) is 128 cm³/mol. The van der Waals surface area contributed by atoms with E-state index in [1.807, 2.05) is 0 Å². The first-order chi connectivity index (χ1) is 14.9. The number of alkyl halides is 4. The van der Waals surface area contributed by atoms with Gasteiger partial charge in [0, 0.05) is 12.1 Å². The minimum Gasteiger partial charge on any atom is -0.444 e. The molecule has 2 aromatic rings. The molecule has 0 saturated heterocycles. The minimum absolute atomic E-state index is 0.113. The number of carbonyl (C=O) groups excluding carboxylic acids is 1. The molecule has 0 fully saturated rings. The first-order valence-electron chi connectivity index (χ1n) is 9.85. The molecule has 1 unspecified atom stereocenters. The van der Waals surface area contributed by atoms with E-state index in [1.54, 1.807) is 34.6 Å². The molecule has 1 atom stereocenters. The number of hydrogen-bond donors (Lipinski definition) is 2. The van der Waals surface area contributed by atoms with Crippen LogP contribution in [0.5, 0.6) is 0 Å². The lowest BCUT2D eigenvalue weighted by Crippen LogP contribution is -2.45. The van der Waals surface area contributed by atoms with Crippen LogP contribution in [0.3, 0.4) is 0 Å². The number of alkyl carbamates (subject to hydrolysis) is 1. The van der Waals surface area contributed by atoms with Crippen molar-refractivity contribution >= 4 is 40.3 Å². The molecule has 5 nitrogen and oxygen atoms in total. The summed E-state index contributed by atoms with van der Waals surface area (Å²) in [4.78, 5) is 16.6. The Kier molecular flexibility index (Phi) is 7.97. The fourth-order valence-corrected chi connectivity index (χ4v) is 3.35. The Balaban J connectivity index is 2.69. The third-order valence-electron chi connectivity index (χ3n) is 4.71. The molecule has 1 amide bonds. The number of hydrogen-bond acceptors (Lipinski definition) is 4. The minimum atomic E-state index is -4.71. The van der Waals surface area contributed by atoms with Crippen molar-refractivity contribution in [1.82, 2.24) is 10.3 Å². The van der Waals surface area contributed by atoms with Gasteiger partial charge in [0.1, 0.15) is 11.4 Å². The number of rotatable bonds is 5. The number of aromatic nitrogens is 1. The molecule has 0 spiro atoms. The van der Waals surface area contributed by atoms with E-state index in [9.17, 15) is 22.4 Å². The lowest BCUT2D eigenvalue weighted by atomic mass is 9.90. The number of nitrogens with zero attached hydrogens (tertiary/aromatic N) is 1. The van der Waals surface area contributed by atoms with Gasteiger partial charge in [-0.15, -0.1) is 0 Å². The van der Waals surface area contributed by atoms with Crippen LogP contribution in [-0.2, 0) is 13.7 Å². The molecule has 182 valence electrons. The molecule has 33 heavy (non-hydrogen) atoms. The number of benzene rings is 1. The number of amides is 1. The summed E-state index contributed by atoms with van der Waals surface area (Å²) in [5, 5.41) is 2.47. The summed E-state index contributed by atoms with van der Waals surface area (Å²) in [7, 11) is 0. The third-order valence-corrected chi connectivity index (χ3v) is 6.61. The summed E-state index contributed by atoms with van der Waals surface area (Å²) in [5.74, 6) is -0.677. The second kappa shape index (κ2) is 9.53. The predicted octanol–water partition coefficient (Wildman–Crippen LogP) is 6.45. The Morgan fingerprint density at radius 2 is 1.76 bits per heavy atom. The fraction of sp³-hybridized carbons (Fsp3) is 0.455. The molecule has 0 aliphatic heterocycles. The van der Waals surface area contributed by atoms with Crippen molar-refractivity contribution in [2.45, 2.75) is 55.4 Å². The van der Waals surface area contributed by atoms with Crippen molar-refractivity contribution in [3.05, 3.63) is 52.4 Å². The molecule has 11 heteroatoms. The van der Waals surface area contributed by atoms with Gasteiger partial charge in [-0.05, 0) is 70.5 Å². The van der Waals surface area contributed by atoms with Crippen LogP contribution in [0.1, 0.15) is 45.9 Å². The van der Waals surface area contributed by atoms with Crippen LogP contribution < -0.4 is 11.1 Å². The second-order valence-corrected chi connectivity index (χ2v) is 11.3. The van der Waals surface area contributed by atoms with Gasteiger partial charge in [0.05, 0.1) is 21.9 Å². The molecule has 0 aliphatic rings. The zero-order chi connectivity index (χ0) is 25.4. The number of carbonyl (C=O) groups is 1. The quantitative estimate of drug-likeness (QED) is 0.235. The average Bonchev–Trinajstić information content (AvgIpc) is 2.66. The lowest BCUT2D eigenvalue weighted by Gasteiger charge is -2.32. The molecule has 0 radical (unpaired) electrons. The Hall–Kier alpha value is -1.66. The Morgan fingerprint density at radius 3 is 2.24 bits per heavy atom. The average molecular weight is 602 g/mol. The van der Waals surface area contributed by atoms with Crippen molar-refractivity contribution < 1.29 is 27.1 Å². The summed E-state index contributed by atoms with van der Waals surface area (Å²) < 4.78 is 58.4. The molecule has 1 aromatic carbocycles. The Morgan fingerprint density at radius 1 is 1.15 bits per heavy atom. The van der Waals surface area contributed by atoms with Crippen LogP contribution in [0.15, 0.2) is 30.3 Å². The molecule has 1 heterocycles. The normalized spacial score (nSPS) is 14.5. The van der Waals surface area contributed by atoms with Gasteiger partial charge < -0.3 is 15.8 Å². The number of nitrogens with one attached hydrogen (secondary N) is 1. The van der Waals surface area contributed by atoms with Gasteiger partial charge >= 0.3 is 12.3 Å². The summed E-state index contributed by atoms with van der Waals surface area (Å²) in [6, 6.07) is 6.48. The highest BCUT2D eigenvalue weighted by molar-refractivity contribution is 14.1. The third kappa shape index (κ3) is 6.48. The van der Waals surface area contributed by atoms with Crippen LogP contribution in [0.2, 0.25) is 5.02 Å². The van der Waals surface area contributed by atoms with Crippen molar-refractivity contribution in [1.29, 1.82) is 0 Å². The molecule has 0 aliphatic carbocycles. The van der Waals surface area contributed by atoms with Crippen LogP contribution >= 0.6 is 34.2 Å². The van der Waals surface area contributed by atoms with Gasteiger partial charge in [-0.3, -0.25) is 4.98 Å². The largest absolute Gasteiger partial charge is 0.444 e. The van der Waals surface area contributed by atoms with E-state index in [0.29, 0.717) is 11.1 Å². The maximum atomic E-state index is 14.0. The number of pyridine rings is 1. The van der Waals surface area contributed by atoms with E-state index in [-0.39, 0.29) is 16.4 Å². The smallest absolute Gasteiger partial charge is 0.409 e. The van der Waals surface area contributed by atoms with E-state index in [1.165, 1.54) is 46.9 Å². The van der Waals surface area contributed by atoms with Gasteiger partial charge in [0.2, 0.25) is 0 Å². The van der Waals surface area contributed by atoms with Crippen molar-refractivity contribution in [3.63, 3.8) is 0 Å². The number of ether oxygens (including phenoxy) is 1. The Labute approximate surface area is 208 Å². The molecule has 0 saturated carbocycles. The van der Waals surface area contributed by atoms with E-state index < -0.39 is 39.2 Å².